The van der Waals surface area contributed by atoms with E-state index in [-0.39, 0.29) is 10.8 Å². The third-order valence-corrected chi connectivity index (χ3v) is 4.22. The fourth-order valence-corrected chi connectivity index (χ4v) is 2.82. The van der Waals surface area contributed by atoms with Gasteiger partial charge in [0, 0.05) is 21.7 Å². The molecule has 2 nitrogen and oxygen atoms in total. The van der Waals surface area contributed by atoms with Gasteiger partial charge in [0.1, 0.15) is 5.75 Å². The predicted octanol–water partition coefficient (Wildman–Crippen LogP) is 6.28. The van der Waals surface area contributed by atoms with Crippen molar-refractivity contribution in [1.82, 2.24) is 0 Å². The van der Waals surface area contributed by atoms with Gasteiger partial charge in [0.05, 0.1) is 10.0 Å². The van der Waals surface area contributed by atoms with Crippen LogP contribution in [0.3, 0.4) is 0 Å². The lowest BCUT2D eigenvalue weighted by atomic mass is 10.1. The van der Waals surface area contributed by atoms with Gasteiger partial charge in [-0.25, -0.2) is 0 Å². The first-order valence-electron chi connectivity index (χ1n) is 5.63. The first-order valence-corrected chi connectivity index (χ1v) is 8.06. The lowest BCUT2D eigenvalue weighted by Gasteiger charge is -2.14. The van der Waals surface area contributed by atoms with E-state index in [0.29, 0.717) is 26.4 Å². The topological polar surface area (TPSA) is 26.3 Å². The molecule has 0 spiro atoms. The molecule has 0 saturated heterocycles. The van der Waals surface area contributed by atoms with Crippen LogP contribution < -0.4 is 4.74 Å². The molecule has 2 aromatic rings. The molecule has 1 atom stereocenters. The summed E-state index contributed by atoms with van der Waals surface area (Å²) < 4.78 is 5.49. The number of carbonyl (C=O) groups excluding carboxylic acids is 1. The third kappa shape index (κ3) is 4.27. The number of benzene rings is 2. The highest BCUT2D eigenvalue weighted by Crippen LogP contribution is 2.31. The Labute approximate surface area is 150 Å². The summed E-state index contributed by atoms with van der Waals surface area (Å²) >= 11 is 26.8. The van der Waals surface area contributed by atoms with Crippen molar-refractivity contribution in [3.05, 3.63) is 62.1 Å². The fourth-order valence-electron chi connectivity index (χ4n) is 1.54. The third-order valence-electron chi connectivity index (χ3n) is 2.53. The zero-order valence-corrected chi connectivity index (χ0v) is 14.9. The molecule has 0 aliphatic rings. The zero-order chi connectivity index (χ0) is 15.6. The summed E-state index contributed by atoms with van der Waals surface area (Å²) in [5, 5.41) is 0.538. The van der Waals surface area contributed by atoms with E-state index in [1.165, 1.54) is 18.2 Å². The minimum Gasteiger partial charge on any atom is -0.469 e. The highest BCUT2D eigenvalue weighted by atomic mass is 79.9. The number of alkyl halides is 1. The van der Waals surface area contributed by atoms with Gasteiger partial charge >= 0.3 is 0 Å². The molecule has 2 aromatic carbocycles. The summed E-state index contributed by atoms with van der Waals surface area (Å²) in [5.74, 6) is -0.0582. The Hall–Kier alpha value is -0.450. The van der Waals surface area contributed by atoms with Crippen LogP contribution in [0.25, 0.3) is 0 Å². The number of carbonyl (C=O) groups is 1. The number of hydrogen-bond donors (Lipinski definition) is 0. The summed E-state index contributed by atoms with van der Waals surface area (Å²) in [7, 11) is 0. The molecule has 110 valence electrons. The summed E-state index contributed by atoms with van der Waals surface area (Å²) in [6.07, 6.45) is 0. The first-order chi connectivity index (χ1) is 9.88. The quantitative estimate of drug-likeness (QED) is 0.423. The van der Waals surface area contributed by atoms with Crippen LogP contribution in [-0.2, 0) is 0 Å². The van der Waals surface area contributed by atoms with Crippen molar-refractivity contribution in [3.63, 3.8) is 0 Å². The predicted molar refractivity (Wildman–Crippen MR) is 90.6 cm³/mol. The maximum atomic E-state index is 12.3. The Balaban J connectivity index is 2.21. The first kappa shape index (κ1) is 16.9. The van der Waals surface area contributed by atoms with Crippen molar-refractivity contribution in [2.75, 3.05) is 0 Å². The van der Waals surface area contributed by atoms with Gasteiger partial charge in [-0.3, -0.25) is 4.79 Å². The van der Waals surface area contributed by atoms with Gasteiger partial charge in [0.2, 0.25) is 10.8 Å². The molecular formula is C14H7BrCl4O2. The van der Waals surface area contributed by atoms with E-state index in [4.69, 9.17) is 51.1 Å². The van der Waals surface area contributed by atoms with Crippen LogP contribution in [0, 0.1) is 0 Å². The van der Waals surface area contributed by atoms with Gasteiger partial charge in [-0.15, -0.1) is 0 Å². The van der Waals surface area contributed by atoms with E-state index in [1.807, 2.05) is 0 Å². The van der Waals surface area contributed by atoms with Gasteiger partial charge < -0.3 is 4.74 Å². The number of halogens is 5. The maximum Gasteiger partial charge on any atom is 0.215 e. The smallest absolute Gasteiger partial charge is 0.215 e. The number of Topliss-reactive ketones (excluding diaryl/α,β-unsaturated/α-hetero) is 1. The molecule has 0 heterocycles. The molecule has 0 bridgehead atoms. The molecule has 1 unspecified atom stereocenters. The van der Waals surface area contributed by atoms with Crippen molar-refractivity contribution in [2.45, 2.75) is 5.01 Å². The second kappa shape index (κ2) is 7.21. The number of rotatable bonds is 4. The maximum absolute atomic E-state index is 12.3. The molecule has 0 fully saturated rings. The lowest BCUT2D eigenvalue weighted by molar-refractivity contribution is 0.0897. The SMILES string of the molecule is O=C(c1ccc(Cl)cc1Cl)C(Br)Oc1cc(Cl)ccc1Cl. The molecule has 0 saturated carbocycles. The highest BCUT2D eigenvalue weighted by molar-refractivity contribution is 9.09. The van der Waals surface area contributed by atoms with Gasteiger partial charge in [-0.1, -0.05) is 46.4 Å². The molecule has 0 aliphatic carbocycles. The lowest BCUT2D eigenvalue weighted by Crippen LogP contribution is -2.21. The van der Waals surface area contributed by atoms with E-state index in [2.05, 4.69) is 15.9 Å². The van der Waals surface area contributed by atoms with E-state index in [9.17, 15) is 4.79 Å². The standard InChI is InChI=1S/C14H7BrCl4O2/c15-14(21-12-6-8(17)2-4-10(12)18)13(20)9-3-1-7(16)5-11(9)19/h1-6,14H. The van der Waals surface area contributed by atoms with Crippen LogP contribution >= 0.6 is 62.3 Å². The summed E-state index contributed by atoms with van der Waals surface area (Å²) in [6.45, 7) is 0. The molecule has 0 radical (unpaired) electrons. The highest BCUT2D eigenvalue weighted by Gasteiger charge is 2.22. The molecule has 0 N–H and O–H groups in total. The molecule has 0 aromatic heterocycles. The summed E-state index contributed by atoms with van der Waals surface area (Å²) in [6, 6.07) is 9.32. The van der Waals surface area contributed by atoms with Gasteiger partial charge in [0.25, 0.3) is 0 Å². The van der Waals surface area contributed by atoms with Crippen LogP contribution in [0.2, 0.25) is 20.1 Å². The van der Waals surface area contributed by atoms with E-state index in [0.717, 1.165) is 0 Å². The van der Waals surface area contributed by atoms with Crippen molar-refractivity contribution >= 4 is 68.1 Å². The molecule has 0 amide bonds. The molecule has 21 heavy (non-hydrogen) atoms. The van der Waals surface area contributed by atoms with E-state index >= 15 is 0 Å². The minimum atomic E-state index is -0.952. The number of hydrogen-bond acceptors (Lipinski definition) is 2. The Morgan fingerprint density at radius 1 is 0.952 bits per heavy atom. The van der Waals surface area contributed by atoms with Gasteiger partial charge in [-0.05, 0) is 46.3 Å². The van der Waals surface area contributed by atoms with Crippen molar-refractivity contribution in [3.8, 4) is 5.75 Å². The Bertz CT molecular complexity index is 691. The van der Waals surface area contributed by atoms with Crippen molar-refractivity contribution in [2.24, 2.45) is 0 Å². The minimum absolute atomic E-state index is 0.248. The largest absolute Gasteiger partial charge is 0.469 e. The normalized spacial score (nSPS) is 12.0. The molecule has 0 aliphatic heterocycles. The summed E-state index contributed by atoms with van der Waals surface area (Å²) in [5.41, 5.74) is 0.293. The van der Waals surface area contributed by atoms with E-state index < -0.39 is 5.01 Å². The zero-order valence-electron chi connectivity index (χ0n) is 10.2. The van der Waals surface area contributed by atoms with Crippen LogP contribution in [0.4, 0.5) is 0 Å². The van der Waals surface area contributed by atoms with Crippen LogP contribution in [0.15, 0.2) is 36.4 Å². The molecular weight excluding hydrogens is 422 g/mol. The van der Waals surface area contributed by atoms with Crippen LogP contribution in [0.5, 0.6) is 5.75 Å². The monoisotopic (exact) mass is 426 g/mol. The average Bonchev–Trinajstić information content (AvgIpc) is 2.42. The Morgan fingerprint density at radius 2 is 1.57 bits per heavy atom. The second-order valence-electron chi connectivity index (χ2n) is 4.00. The van der Waals surface area contributed by atoms with Crippen molar-refractivity contribution in [1.29, 1.82) is 0 Å². The number of ketones is 1. The fraction of sp³-hybridized carbons (Fsp3) is 0.0714. The molecule has 2 rings (SSSR count). The molecule has 7 heteroatoms. The van der Waals surface area contributed by atoms with Gasteiger partial charge in [-0.2, -0.15) is 0 Å². The Kier molecular flexibility index (Phi) is 5.81. The van der Waals surface area contributed by atoms with Crippen LogP contribution in [-0.4, -0.2) is 10.8 Å². The average molecular weight is 429 g/mol. The summed E-state index contributed by atoms with van der Waals surface area (Å²) in [4.78, 5) is 12.3. The van der Waals surface area contributed by atoms with Crippen molar-refractivity contribution < 1.29 is 9.53 Å². The number of ether oxygens (including phenoxy) is 1. The van der Waals surface area contributed by atoms with Gasteiger partial charge in [0.15, 0.2) is 0 Å². The second-order valence-corrected chi connectivity index (χ2v) is 6.52. The van der Waals surface area contributed by atoms with Crippen LogP contribution in [0.1, 0.15) is 10.4 Å². The van der Waals surface area contributed by atoms with E-state index in [1.54, 1.807) is 18.2 Å². The Morgan fingerprint density at radius 3 is 2.24 bits per heavy atom.